The second-order valence-electron chi connectivity index (χ2n) is 6.03. The number of allylic oxidation sites excluding steroid dienone is 4. The summed E-state index contributed by atoms with van der Waals surface area (Å²) in [7, 11) is 0. The summed E-state index contributed by atoms with van der Waals surface area (Å²) in [6.07, 6.45) is 11.5. The first-order valence-corrected chi connectivity index (χ1v) is 8.41. The summed E-state index contributed by atoms with van der Waals surface area (Å²) in [5, 5.41) is 18.2. The molecule has 1 saturated carbocycles. The van der Waals surface area contributed by atoms with Gasteiger partial charge in [-0.25, -0.2) is 0 Å². The van der Waals surface area contributed by atoms with Gasteiger partial charge in [-0.15, -0.1) is 0 Å². The molecule has 1 unspecified atom stereocenters. The van der Waals surface area contributed by atoms with Crippen LogP contribution >= 0.6 is 0 Å². The molecule has 1 aliphatic carbocycles. The van der Waals surface area contributed by atoms with Gasteiger partial charge in [-0.1, -0.05) is 51.5 Å². The summed E-state index contributed by atoms with van der Waals surface area (Å²) in [6.45, 7) is 4.01. The lowest BCUT2D eigenvalue weighted by molar-refractivity contribution is -0.116. The minimum atomic E-state index is 0.0859. The third-order valence-electron chi connectivity index (χ3n) is 4.37. The fourth-order valence-electron chi connectivity index (χ4n) is 3.16. The van der Waals surface area contributed by atoms with Gasteiger partial charge in [0, 0.05) is 12.0 Å². The lowest BCUT2D eigenvalue weighted by atomic mass is 9.77. The molecule has 1 rings (SSSR count). The van der Waals surface area contributed by atoms with Gasteiger partial charge in [0.2, 0.25) is 0 Å². The fourth-order valence-corrected chi connectivity index (χ4v) is 3.16. The van der Waals surface area contributed by atoms with Crippen LogP contribution in [0.2, 0.25) is 0 Å². The first kappa shape index (κ1) is 18.2. The van der Waals surface area contributed by atoms with Crippen molar-refractivity contribution in [2.24, 2.45) is 5.92 Å². The molecule has 118 valence electrons. The van der Waals surface area contributed by atoms with Gasteiger partial charge in [-0.05, 0) is 31.3 Å². The summed E-state index contributed by atoms with van der Waals surface area (Å²) < 4.78 is 0. The highest BCUT2D eigenvalue weighted by Crippen LogP contribution is 2.35. The van der Waals surface area contributed by atoms with E-state index in [4.69, 9.17) is 10.5 Å². The van der Waals surface area contributed by atoms with Crippen LogP contribution < -0.4 is 0 Å². The van der Waals surface area contributed by atoms with Gasteiger partial charge in [0.05, 0.1) is 0 Å². The molecule has 0 aromatic carbocycles. The number of unbranched alkanes of at least 4 members (excludes halogenated alkanes) is 5. The Labute approximate surface area is 134 Å². The molecule has 0 saturated heterocycles. The standard InChI is InChI=1S/C19H26N2O/c1-3-5-6-7-8-9-10-15-11-18(16(13-20)14-21)17(4-2)19(22)12-15/h4,15H,3,5-12H2,1-2H3/b17-4-. The number of nitrogens with zero attached hydrogens (tertiary/aromatic N) is 2. The summed E-state index contributed by atoms with van der Waals surface area (Å²) in [5.74, 6) is 0.372. The zero-order valence-corrected chi connectivity index (χ0v) is 13.8. The average molecular weight is 298 g/mol. The van der Waals surface area contributed by atoms with Crippen molar-refractivity contribution in [3.8, 4) is 12.1 Å². The van der Waals surface area contributed by atoms with Gasteiger partial charge >= 0.3 is 0 Å². The maximum absolute atomic E-state index is 12.2. The Balaban J connectivity index is 2.63. The Morgan fingerprint density at radius 3 is 2.36 bits per heavy atom. The van der Waals surface area contributed by atoms with Gasteiger partial charge in [0.15, 0.2) is 5.78 Å². The van der Waals surface area contributed by atoms with Crippen molar-refractivity contribution in [2.45, 2.75) is 71.6 Å². The normalized spacial score (nSPS) is 19.8. The molecule has 0 aromatic heterocycles. The molecule has 3 nitrogen and oxygen atoms in total. The Kier molecular flexibility index (Phi) is 8.23. The fraction of sp³-hybridized carbons (Fsp3) is 0.632. The topological polar surface area (TPSA) is 64.7 Å². The van der Waals surface area contributed by atoms with Crippen LogP contribution in [0.1, 0.15) is 71.6 Å². The van der Waals surface area contributed by atoms with E-state index in [1.54, 1.807) is 13.0 Å². The highest BCUT2D eigenvalue weighted by molar-refractivity contribution is 6.01. The summed E-state index contributed by atoms with van der Waals surface area (Å²) in [4.78, 5) is 12.2. The number of carbonyl (C=O) groups excluding carboxylic acids is 1. The van der Waals surface area contributed by atoms with Crippen LogP contribution in [0, 0.1) is 28.6 Å². The minimum absolute atomic E-state index is 0.0859. The molecule has 0 aliphatic heterocycles. The number of rotatable bonds is 7. The van der Waals surface area contributed by atoms with E-state index < -0.39 is 0 Å². The molecular weight excluding hydrogens is 272 g/mol. The Bertz CT molecular complexity index is 513. The molecule has 0 amide bonds. The molecule has 22 heavy (non-hydrogen) atoms. The second-order valence-corrected chi connectivity index (χ2v) is 6.03. The maximum atomic E-state index is 12.2. The highest BCUT2D eigenvalue weighted by atomic mass is 16.1. The van der Waals surface area contributed by atoms with Gasteiger partial charge < -0.3 is 0 Å². The van der Waals surface area contributed by atoms with E-state index in [-0.39, 0.29) is 17.3 Å². The van der Waals surface area contributed by atoms with Crippen molar-refractivity contribution in [3.05, 3.63) is 22.8 Å². The quantitative estimate of drug-likeness (QED) is 0.377. The van der Waals surface area contributed by atoms with Crippen molar-refractivity contribution in [3.63, 3.8) is 0 Å². The van der Waals surface area contributed by atoms with Gasteiger partial charge in [0.1, 0.15) is 17.7 Å². The third-order valence-corrected chi connectivity index (χ3v) is 4.37. The summed E-state index contributed by atoms with van der Waals surface area (Å²) >= 11 is 0. The number of hydrogen-bond acceptors (Lipinski definition) is 3. The molecule has 0 N–H and O–H groups in total. The van der Waals surface area contributed by atoms with Gasteiger partial charge in [0.25, 0.3) is 0 Å². The van der Waals surface area contributed by atoms with Crippen LogP contribution in [0.3, 0.4) is 0 Å². The van der Waals surface area contributed by atoms with Crippen LogP contribution in [0.4, 0.5) is 0 Å². The van der Waals surface area contributed by atoms with E-state index in [2.05, 4.69) is 6.92 Å². The second kappa shape index (κ2) is 9.96. The molecule has 0 heterocycles. The minimum Gasteiger partial charge on any atom is -0.294 e. The lowest BCUT2D eigenvalue weighted by Crippen LogP contribution is -2.21. The van der Waals surface area contributed by atoms with Crippen molar-refractivity contribution in [1.29, 1.82) is 10.5 Å². The van der Waals surface area contributed by atoms with Crippen molar-refractivity contribution in [1.82, 2.24) is 0 Å². The smallest absolute Gasteiger partial charge is 0.163 e. The molecule has 0 spiro atoms. The van der Waals surface area contributed by atoms with Crippen LogP contribution in [-0.2, 0) is 4.79 Å². The third kappa shape index (κ3) is 5.15. The van der Waals surface area contributed by atoms with Crippen molar-refractivity contribution in [2.75, 3.05) is 0 Å². The predicted molar refractivity (Wildman–Crippen MR) is 87.7 cm³/mol. The number of nitriles is 2. The van der Waals surface area contributed by atoms with E-state index in [9.17, 15) is 4.79 Å². The van der Waals surface area contributed by atoms with E-state index in [1.165, 1.54) is 32.1 Å². The Morgan fingerprint density at radius 1 is 1.14 bits per heavy atom. The number of Topliss-reactive ketones (excluding diaryl/α,β-unsaturated/α-hetero) is 1. The Hall–Kier alpha value is -1.87. The molecule has 1 atom stereocenters. The maximum Gasteiger partial charge on any atom is 0.163 e. The summed E-state index contributed by atoms with van der Waals surface area (Å²) in [5.41, 5.74) is 1.35. The predicted octanol–water partition coefficient (Wildman–Crippen LogP) is 5.01. The van der Waals surface area contributed by atoms with Crippen molar-refractivity contribution >= 4 is 5.78 Å². The average Bonchev–Trinajstić information content (AvgIpc) is 2.52. The van der Waals surface area contributed by atoms with Crippen LogP contribution in [0.5, 0.6) is 0 Å². The first-order chi connectivity index (χ1) is 10.7. The van der Waals surface area contributed by atoms with Crippen LogP contribution in [0.25, 0.3) is 0 Å². The van der Waals surface area contributed by atoms with Crippen molar-refractivity contribution < 1.29 is 4.79 Å². The van der Waals surface area contributed by atoms with Crippen LogP contribution in [-0.4, -0.2) is 5.78 Å². The van der Waals surface area contributed by atoms with Gasteiger partial charge in [-0.3, -0.25) is 4.79 Å². The SMILES string of the molecule is C/C=C1\C(=O)CC(CCCCCCCC)CC1=C(C#N)C#N. The molecular formula is C19H26N2O. The number of ketones is 1. The zero-order valence-electron chi connectivity index (χ0n) is 13.8. The van der Waals surface area contributed by atoms with E-state index in [1.807, 2.05) is 12.1 Å². The van der Waals surface area contributed by atoms with E-state index in [0.29, 0.717) is 24.0 Å². The first-order valence-electron chi connectivity index (χ1n) is 8.41. The highest BCUT2D eigenvalue weighted by Gasteiger charge is 2.29. The van der Waals surface area contributed by atoms with E-state index >= 15 is 0 Å². The molecule has 0 radical (unpaired) electrons. The molecule has 0 bridgehead atoms. The monoisotopic (exact) mass is 298 g/mol. The lowest BCUT2D eigenvalue weighted by Gasteiger charge is -2.25. The summed E-state index contributed by atoms with van der Waals surface area (Å²) in [6, 6.07) is 3.89. The number of carbonyl (C=O) groups is 1. The van der Waals surface area contributed by atoms with Gasteiger partial charge in [-0.2, -0.15) is 10.5 Å². The Morgan fingerprint density at radius 2 is 1.77 bits per heavy atom. The van der Waals surface area contributed by atoms with E-state index in [0.717, 1.165) is 12.8 Å². The molecule has 1 fully saturated rings. The molecule has 3 heteroatoms. The zero-order chi connectivity index (χ0) is 16.4. The molecule has 1 aliphatic rings. The largest absolute Gasteiger partial charge is 0.294 e. The van der Waals surface area contributed by atoms with Crippen LogP contribution in [0.15, 0.2) is 22.8 Å². The number of hydrogen-bond donors (Lipinski definition) is 0. The molecule has 0 aromatic rings.